The third kappa shape index (κ3) is 1.24. The summed E-state index contributed by atoms with van der Waals surface area (Å²) in [6, 6.07) is 0. The number of hydrogen-bond donors (Lipinski definition) is 1. The fourth-order valence-corrected chi connectivity index (χ4v) is 2.20. The van der Waals surface area contributed by atoms with E-state index < -0.39 is 17.9 Å². The zero-order valence-electron chi connectivity index (χ0n) is 7.10. The van der Waals surface area contributed by atoms with Crippen LogP contribution in [-0.2, 0) is 0 Å². The van der Waals surface area contributed by atoms with Crippen molar-refractivity contribution in [3.63, 3.8) is 0 Å². The largest absolute Gasteiger partial charge is 0.325 e. The third-order valence-electron chi connectivity index (χ3n) is 3.42. The van der Waals surface area contributed by atoms with Crippen molar-refractivity contribution in [2.24, 2.45) is 17.6 Å². The Bertz CT molecular complexity index is 173. The number of alkyl halides is 2. The lowest BCUT2D eigenvalue weighted by Crippen LogP contribution is -2.44. The Balaban J connectivity index is 2.01. The molecule has 0 amide bonds. The van der Waals surface area contributed by atoms with E-state index in [4.69, 9.17) is 5.73 Å². The lowest BCUT2D eigenvalue weighted by atomic mass is 9.72. The van der Waals surface area contributed by atoms with Crippen LogP contribution in [0.15, 0.2) is 0 Å². The normalized spacial score (nSPS) is 30.0. The summed E-state index contributed by atoms with van der Waals surface area (Å²) in [4.78, 5) is 0. The Morgan fingerprint density at radius 1 is 1.25 bits per heavy atom. The molecule has 2 N–H and O–H groups in total. The van der Waals surface area contributed by atoms with E-state index >= 15 is 0 Å². The molecule has 70 valence electrons. The Morgan fingerprint density at radius 2 is 1.83 bits per heavy atom. The van der Waals surface area contributed by atoms with Crippen molar-refractivity contribution in [1.82, 2.24) is 0 Å². The van der Waals surface area contributed by atoms with Gasteiger partial charge in [-0.2, -0.15) is 0 Å². The van der Waals surface area contributed by atoms with Crippen molar-refractivity contribution in [3.8, 4) is 0 Å². The second kappa shape index (κ2) is 2.66. The highest BCUT2D eigenvalue weighted by atomic mass is 19.3. The van der Waals surface area contributed by atoms with Gasteiger partial charge in [-0.05, 0) is 31.6 Å². The molecule has 3 heteroatoms. The molecule has 1 nitrogen and oxygen atoms in total. The highest BCUT2D eigenvalue weighted by Crippen LogP contribution is 2.50. The van der Waals surface area contributed by atoms with E-state index in [1.807, 2.05) is 0 Å². The molecule has 2 rings (SSSR count). The number of rotatable bonds is 3. The van der Waals surface area contributed by atoms with Gasteiger partial charge in [0.05, 0.1) is 0 Å². The summed E-state index contributed by atoms with van der Waals surface area (Å²) < 4.78 is 25.3. The van der Waals surface area contributed by atoms with Gasteiger partial charge in [-0.1, -0.05) is 6.42 Å². The summed E-state index contributed by atoms with van der Waals surface area (Å²) in [5.74, 6) is -0.288. The molecule has 0 spiro atoms. The maximum absolute atomic E-state index is 12.6. The van der Waals surface area contributed by atoms with Gasteiger partial charge in [0.1, 0.15) is 0 Å². The fraction of sp³-hybridized carbons (Fsp3) is 1.00. The smallest absolute Gasteiger partial charge is 0.243 e. The molecule has 2 aliphatic carbocycles. The zero-order valence-corrected chi connectivity index (χ0v) is 7.10. The summed E-state index contributed by atoms with van der Waals surface area (Å²) in [7, 11) is 0. The van der Waals surface area contributed by atoms with Crippen molar-refractivity contribution in [3.05, 3.63) is 0 Å². The second-order valence-corrected chi connectivity index (χ2v) is 4.28. The molecule has 1 atom stereocenters. The van der Waals surface area contributed by atoms with Gasteiger partial charge in [0.15, 0.2) is 0 Å². The predicted molar refractivity (Wildman–Crippen MR) is 43.0 cm³/mol. The molecular weight excluding hydrogens is 160 g/mol. The molecule has 0 aromatic heterocycles. The summed E-state index contributed by atoms with van der Waals surface area (Å²) in [5.41, 5.74) is 5.34. The fourth-order valence-electron chi connectivity index (χ4n) is 2.20. The average molecular weight is 175 g/mol. The number of nitrogens with two attached hydrogens (primary N) is 1. The zero-order chi connectivity index (χ0) is 8.77. The Labute approximate surface area is 71.3 Å². The van der Waals surface area contributed by atoms with E-state index in [0.29, 0.717) is 0 Å². The molecule has 2 saturated carbocycles. The molecule has 0 aromatic rings. The van der Waals surface area contributed by atoms with Crippen molar-refractivity contribution in [2.75, 3.05) is 0 Å². The van der Waals surface area contributed by atoms with E-state index in [1.165, 1.54) is 0 Å². The van der Waals surface area contributed by atoms with Gasteiger partial charge in [0, 0.05) is 11.5 Å². The van der Waals surface area contributed by atoms with Crippen LogP contribution >= 0.6 is 0 Å². The van der Waals surface area contributed by atoms with Gasteiger partial charge in [0.25, 0.3) is 0 Å². The number of halogens is 2. The first-order valence-electron chi connectivity index (χ1n) is 4.70. The highest BCUT2D eigenvalue weighted by molar-refractivity contribution is 5.07. The molecule has 0 aliphatic heterocycles. The molecular formula is C9H15F2N. The first-order valence-corrected chi connectivity index (χ1v) is 4.70. The first-order chi connectivity index (χ1) is 5.63. The van der Waals surface area contributed by atoms with Gasteiger partial charge in [0.2, 0.25) is 6.43 Å². The lowest BCUT2D eigenvalue weighted by molar-refractivity contribution is -0.00253. The molecule has 2 fully saturated rings. The van der Waals surface area contributed by atoms with E-state index in [2.05, 4.69) is 0 Å². The van der Waals surface area contributed by atoms with Gasteiger partial charge in [-0.25, -0.2) is 8.78 Å². The summed E-state index contributed by atoms with van der Waals surface area (Å²) >= 11 is 0. The highest BCUT2D eigenvalue weighted by Gasteiger charge is 2.53. The molecule has 0 heterocycles. The van der Waals surface area contributed by atoms with E-state index in [9.17, 15) is 8.78 Å². The van der Waals surface area contributed by atoms with Crippen LogP contribution in [0.4, 0.5) is 8.78 Å². The maximum Gasteiger partial charge on any atom is 0.243 e. The van der Waals surface area contributed by atoms with Crippen molar-refractivity contribution in [2.45, 2.75) is 44.1 Å². The van der Waals surface area contributed by atoms with Gasteiger partial charge >= 0.3 is 0 Å². The quantitative estimate of drug-likeness (QED) is 0.698. The van der Waals surface area contributed by atoms with Crippen LogP contribution in [-0.4, -0.2) is 12.0 Å². The van der Waals surface area contributed by atoms with Crippen LogP contribution in [0.2, 0.25) is 0 Å². The topological polar surface area (TPSA) is 26.0 Å². The van der Waals surface area contributed by atoms with Crippen LogP contribution in [0.5, 0.6) is 0 Å². The molecule has 12 heavy (non-hydrogen) atoms. The molecule has 0 saturated heterocycles. The van der Waals surface area contributed by atoms with Gasteiger partial charge < -0.3 is 5.73 Å². The molecule has 0 radical (unpaired) electrons. The first kappa shape index (κ1) is 8.42. The predicted octanol–water partition coefficient (Wildman–Crippen LogP) is 2.16. The van der Waals surface area contributed by atoms with E-state index in [0.717, 1.165) is 32.1 Å². The van der Waals surface area contributed by atoms with Crippen LogP contribution in [0.1, 0.15) is 32.1 Å². The Kier molecular flexibility index (Phi) is 1.86. The average Bonchev–Trinajstić information content (AvgIpc) is 2.58. The van der Waals surface area contributed by atoms with Crippen LogP contribution < -0.4 is 5.73 Å². The monoisotopic (exact) mass is 175 g/mol. The van der Waals surface area contributed by atoms with Crippen LogP contribution in [0.25, 0.3) is 0 Å². The standard InChI is InChI=1S/C9H15F2N/c10-8(11)7(6-2-1-3-6)9(12)4-5-9/h6-8H,1-5,12H2. The van der Waals surface area contributed by atoms with E-state index in [1.54, 1.807) is 0 Å². The van der Waals surface area contributed by atoms with E-state index in [-0.39, 0.29) is 5.92 Å². The van der Waals surface area contributed by atoms with Crippen molar-refractivity contribution >= 4 is 0 Å². The Hall–Kier alpha value is -0.180. The molecule has 0 aromatic carbocycles. The second-order valence-electron chi connectivity index (χ2n) is 4.28. The van der Waals surface area contributed by atoms with Crippen LogP contribution in [0, 0.1) is 11.8 Å². The molecule has 1 unspecified atom stereocenters. The Morgan fingerprint density at radius 3 is 2.08 bits per heavy atom. The minimum atomic E-state index is -2.21. The van der Waals surface area contributed by atoms with Crippen LogP contribution in [0.3, 0.4) is 0 Å². The summed E-state index contributed by atoms with van der Waals surface area (Å²) in [5, 5.41) is 0. The number of hydrogen-bond acceptors (Lipinski definition) is 1. The van der Waals surface area contributed by atoms with Crippen molar-refractivity contribution < 1.29 is 8.78 Å². The minimum Gasteiger partial charge on any atom is -0.325 e. The van der Waals surface area contributed by atoms with Gasteiger partial charge in [-0.3, -0.25) is 0 Å². The third-order valence-corrected chi connectivity index (χ3v) is 3.42. The summed E-state index contributed by atoms with van der Waals surface area (Å²) in [6.07, 6.45) is 2.45. The van der Waals surface area contributed by atoms with Crippen molar-refractivity contribution in [1.29, 1.82) is 0 Å². The van der Waals surface area contributed by atoms with Gasteiger partial charge in [-0.15, -0.1) is 0 Å². The maximum atomic E-state index is 12.6. The minimum absolute atomic E-state index is 0.220. The summed E-state index contributed by atoms with van der Waals surface area (Å²) in [6.45, 7) is 0. The lowest BCUT2D eigenvalue weighted by Gasteiger charge is -2.37. The molecule has 0 bridgehead atoms. The molecule has 2 aliphatic rings. The SMILES string of the molecule is NC1(C(C(F)F)C2CCC2)CC1.